The van der Waals surface area contributed by atoms with Gasteiger partial charge in [-0.25, -0.2) is 0 Å². The van der Waals surface area contributed by atoms with Gasteiger partial charge in [-0.2, -0.15) is 0 Å². The van der Waals surface area contributed by atoms with E-state index in [1.165, 1.54) is 10.4 Å². The van der Waals surface area contributed by atoms with Gasteiger partial charge in [-0.3, -0.25) is 0 Å². The highest BCUT2D eigenvalue weighted by molar-refractivity contribution is 6.39. The van der Waals surface area contributed by atoms with Gasteiger partial charge in [0.15, 0.2) is 0 Å². The van der Waals surface area contributed by atoms with Gasteiger partial charge in [-0.1, -0.05) is 22.5 Å². The minimum absolute atomic E-state index is 0.583. The molecule has 1 aromatic carbocycles. The molecule has 0 aliphatic rings. The Morgan fingerprint density at radius 1 is 0.833 bits per heavy atom. The van der Waals surface area contributed by atoms with Crippen LogP contribution in [0.5, 0.6) is 11.5 Å². The second-order valence-electron chi connectivity index (χ2n) is 4.32. The molecular weight excluding hydrogens is 256 g/mol. The van der Waals surface area contributed by atoms with E-state index in [0.717, 1.165) is 11.5 Å². The number of rotatable bonds is 6. The summed E-state index contributed by atoms with van der Waals surface area (Å²) in [6.45, 7) is 8.35. The van der Waals surface area contributed by atoms with Crippen molar-refractivity contribution in [3.05, 3.63) is 46.8 Å². The number of benzene rings is 1. The average Bonchev–Trinajstić information content (AvgIpc) is 2.43. The first kappa shape index (κ1) is 14.8. The SMILES string of the molecule is CC=C(C)[SiH2]Oc1ccc(O[SiH2]C(C)=CC)cc1. The molecular formula is C14H22O2Si2. The van der Waals surface area contributed by atoms with E-state index in [9.17, 15) is 0 Å². The van der Waals surface area contributed by atoms with Crippen LogP contribution in [-0.4, -0.2) is 19.5 Å². The van der Waals surface area contributed by atoms with E-state index in [0.29, 0.717) is 0 Å². The molecule has 0 heterocycles. The number of hydrogen-bond acceptors (Lipinski definition) is 2. The molecule has 1 rings (SSSR count). The van der Waals surface area contributed by atoms with Gasteiger partial charge in [-0.15, -0.1) is 0 Å². The third-order valence-electron chi connectivity index (χ3n) is 2.74. The zero-order valence-corrected chi connectivity index (χ0v) is 14.5. The van der Waals surface area contributed by atoms with Crippen LogP contribution in [0.1, 0.15) is 27.7 Å². The fourth-order valence-electron chi connectivity index (χ4n) is 1.19. The first-order chi connectivity index (χ1) is 8.65. The predicted octanol–water partition coefficient (Wildman–Crippen LogP) is 2.46. The minimum Gasteiger partial charge on any atom is -0.545 e. The second-order valence-corrected chi connectivity index (χ2v) is 7.70. The maximum atomic E-state index is 5.78. The summed E-state index contributed by atoms with van der Waals surface area (Å²) < 4.78 is 11.6. The Balaban J connectivity index is 2.47. The summed E-state index contributed by atoms with van der Waals surface area (Å²) >= 11 is 0. The maximum Gasteiger partial charge on any atom is 0.246 e. The van der Waals surface area contributed by atoms with Crippen molar-refractivity contribution in [2.24, 2.45) is 0 Å². The predicted molar refractivity (Wildman–Crippen MR) is 83.6 cm³/mol. The molecule has 0 aliphatic carbocycles. The molecule has 0 aromatic heterocycles. The lowest BCUT2D eigenvalue weighted by molar-refractivity contribution is 0.584. The van der Waals surface area contributed by atoms with Crippen LogP contribution >= 0.6 is 0 Å². The van der Waals surface area contributed by atoms with Crippen molar-refractivity contribution in [3.8, 4) is 11.5 Å². The molecule has 0 saturated carbocycles. The lowest BCUT2D eigenvalue weighted by atomic mass is 10.3. The molecule has 0 atom stereocenters. The topological polar surface area (TPSA) is 18.5 Å². The summed E-state index contributed by atoms with van der Waals surface area (Å²) in [5.74, 6) is 1.89. The highest BCUT2D eigenvalue weighted by atomic mass is 28.2. The summed E-state index contributed by atoms with van der Waals surface area (Å²) in [5, 5.41) is 2.73. The van der Waals surface area contributed by atoms with Crippen molar-refractivity contribution >= 4 is 19.5 Å². The van der Waals surface area contributed by atoms with Crippen molar-refractivity contribution < 1.29 is 8.85 Å². The molecule has 0 radical (unpaired) electrons. The Kier molecular flexibility index (Phi) is 6.53. The highest BCUT2D eigenvalue weighted by Gasteiger charge is 1.98. The van der Waals surface area contributed by atoms with Crippen LogP contribution in [0.25, 0.3) is 0 Å². The Morgan fingerprint density at radius 3 is 1.44 bits per heavy atom. The van der Waals surface area contributed by atoms with Crippen LogP contribution in [0.15, 0.2) is 46.8 Å². The van der Waals surface area contributed by atoms with Crippen LogP contribution in [0, 0.1) is 0 Å². The van der Waals surface area contributed by atoms with Gasteiger partial charge < -0.3 is 8.85 Å². The summed E-state index contributed by atoms with van der Waals surface area (Å²) in [6.07, 6.45) is 4.24. The van der Waals surface area contributed by atoms with E-state index in [1.807, 2.05) is 24.3 Å². The van der Waals surface area contributed by atoms with Crippen molar-refractivity contribution in [2.75, 3.05) is 0 Å². The quantitative estimate of drug-likeness (QED) is 0.744. The van der Waals surface area contributed by atoms with E-state index in [-0.39, 0.29) is 0 Å². The van der Waals surface area contributed by atoms with Crippen LogP contribution in [0.4, 0.5) is 0 Å². The Bertz CT molecular complexity index is 381. The van der Waals surface area contributed by atoms with Crippen molar-refractivity contribution in [1.29, 1.82) is 0 Å². The fourth-order valence-corrected chi connectivity index (χ4v) is 2.70. The number of allylic oxidation sites excluding steroid dienone is 4. The molecule has 18 heavy (non-hydrogen) atoms. The van der Waals surface area contributed by atoms with E-state index < -0.39 is 19.5 Å². The minimum atomic E-state index is -0.583. The highest BCUT2D eigenvalue weighted by Crippen LogP contribution is 2.17. The van der Waals surface area contributed by atoms with Crippen LogP contribution in [0.3, 0.4) is 0 Å². The van der Waals surface area contributed by atoms with Gasteiger partial charge in [0.25, 0.3) is 0 Å². The molecule has 0 unspecified atom stereocenters. The molecule has 0 bridgehead atoms. The molecule has 2 nitrogen and oxygen atoms in total. The van der Waals surface area contributed by atoms with E-state index >= 15 is 0 Å². The van der Waals surface area contributed by atoms with E-state index in [2.05, 4.69) is 39.8 Å². The smallest absolute Gasteiger partial charge is 0.246 e. The lowest BCUT2D eigenvalue weighted by Gasteiger charge is -2.09. The third kappa shape index (κ3) is 5.38. The van der Waals surface area contributed by atoms with E-state index in [4.69, 9.17) is 8.85 Å². The molecule has 0 N–H and O–H groups in total. The monoisotopic (exact) mass is 278 g/mol. The van der Waals surface area contributed by atoms with Gasteiger partial charge in [0.1, 0.15) is 11.5 Å². The average molecular weight is 278 g/mol. The van der Waals surface area contributed by atoms with Gasteiger partial charge >= 0.3 is 0 Å². The van der Waals surface area contributed by atoms with Gasteiger partial charge in [0.2, 0.25) is 19.5 Å². The lowest BCUT2D eigenvalue weighted by Crippen LogP contribution is -2.05. The molecule has 0 fully saturated rings. The van der Waals surface area contributed by atoms with Crippen molar-refractivity contribution in [1.82, 2.24) is 0 Å². The molecule has 0 aliphatic heterocycles. The summed E-state index contributed by atoms with van der Waals surface area (Å²) in [7, 11) is -1.17. The largest absolute Gasteiger partial charge is 0.545 e. The zero-order chi connectivity index (χ0) is 13.4. The molecule has 0 saturated heterocycles. The van der Waals surface area contributed by atoms with Gasteiger partial charge in [0, 0.05) is 0 Å². The normalized spacial score (nSPS) is 13.8. The molecule has 0 spiro atoms. The van der Waals surface area contributed by atoms with Gasteiger partial charge in [0.05, 0.1) is 0 Å². The van der Waals surface area contributed by atoms with Crippen LogP contribution in [0.2, 0.25) is 0 Å². The Hall–Kier alpha value is -1.27. The summed E-state index contributed by atoms with van der Waals surface area (Å²) in [6, 6.07) is 7.96. The second kappa shape index (κ2) is 7.95. The zero-order valence-electron chi connectivity index (χ0n) is 11.7. The third-order valence-corrected chi connectivity index (χ3v) is 5.42. The Labute approximate surface area is 115 Å². The molecule has 4 heteroatoms. The molecule has 0 amide bonds. The number of hydrogen-bond donors (Lipinski definition) is 0. The first-order valence-electron chi connectivity index (χ1n) is 6.25. The fraction of sp³-hybridized carbons (Fsp3) is 0.286. The van der Waals surface area contributed by atoms with Crippen LogP contribution in [-0.2, 0) is 0 Å². The van der Waals surface area contributed by atoms with Crippen molar-refractivity contribution in [3.63, 3.8) is 0 Å². The van der Waals surface area contributed by atoms with Gasteiger partial charge in [-0.05, 0) is 52.0 Å². The maximum absolute atomic E-state index is 5.78. The van der Waals surface area contributed by atoms with E-state index in [1.54, 1.807) is 0 Å². The molecule has 1 aromatic rings. The van der Waals surface area contributed by atoms with Crippen LogP contribution < -0.4 is 8.85 Å². The Morgan fingerprint density at radius 2 is 1.17 bits per heavy atom. The summed E-state index contributed by atoms with van der Waals surface area (Å²) in [5.41, 5.74) is 0. The first-order valence-corrected chi connectivity index (χ1v) is 8.82. The van der Waals surface area contributed by atoms with Crippen molar-refractivity contribution in [2.45, 2.75) is 27.7 Å². The molecule has 98 valence electrons. The summed E-state index contributed by atoms with van der Waals surface area (Å²) in [4.78, 5) is 0. The standard InChI is InChI=1S/C14H22O2Si2/c1-5-11(3)17-15-13-7-9-14(10-8-13)16-18-12(4)6-2/h5-10H,17-18H2,1-4H3.